The molecule has 0 bridgehead atoms. The molecular formula is C45H55N3O17. The van der Waals surface area contributed by atoms with Crippen LogP contribution in [0.2, 0.25) is 0 Å². The van der Waals surface area contributed by atoms with Crippen molar-refractivity contribution in [2.45, 2.75) is 85.9 Å². The summed E-state index contributed by atoms with van der Waals surface area (Å²) >= 11 is 0. The third kappa shape index (κ3) is 16.5. The summed E-state index contributed by atoms with van der Waals surface area (Å²) < 4.78 is 37.9. The molecule has 0 aliphatic rings. The topological polar surface area (TPSA) is 250 Å². The summed E-state index contributed by atoms with van der Waals surface area (Å²) in [6, 6.07) is 11.0. The number of nitrogens with zero attached hydrogens (tertiary/aromatic N) is 3. The molecule has 20 nitrogen and oxygen atoms in total. The maximum atomic E-state index is 13.7. The van der Waals surface area contributed by atoms with E-state index in [0.717, 1.165) is 25.7 Å². The zero-order valence-corrected chi connectivity index (χ0v) is 37.0. The average Bonchev–Trinajstić information content (AvgIpc) is 3.29. The molecule has 0 N–H and O–H groups in total. The van der Waals surface area contributed by atoms with E-state index in [4.69, 9.17) is 33.2 Å². The Bertz CT molecular complexity index is 2360. The molecule has 0 aliphatic heterocycles. The van der Waals surface area contributed by atoms with Crippen LogP contribution in [0.3, 0.4) is 0 Å². The van der Waals surface area contributed by atoms with Crippen molar-refractivity contribution in [2.24, 2.45) is 5.92 Å². The highest BCUT2D eigenvalue weighted by molar-refractivity contribution is 6.04. The maximum Gasteiger partial charge on any atom is 0.339 e. The number of hydrogen-bond acceptors (Lipinski definition) is 17. The van der Waals surface area contributed by atoms with Crippen LogP contribution in [0, 0.1) is 5.92 Å². The monoisotopic (exact) mass is 909 g/mol. The lowest BCUT2D eigenvalue weighted by molar-refractivity contribution is -0.148. The number of carbonyl (C=O) groups excluding carboxylic acids is 7. The molecule has 1 heterocycles. The van der Waals surface area contributed by atoms with Crippen LogP contribution in [0.15, 0.2) is 75.1 Å². The number of carbonyl (C=O) groups is 7. The minimum atomic E-state index is -1.16. The molecule has 2 aromatic carbocycles. The summed E-state index contributed by atoms with van der Waals surface area (Å²) in [4.78, 5) is 129. The minimum absolute atomic E-state index is 0.124. The number of hydrogen-bond donors (Lipinski definition) is 0. The first kappa shape index (κ1) is 52.2. The first-order valence-corrected chi connectivity index (χ1v) is 21.0. The lowest BCUT2D eigenvalue weighted by Gasteiger charge is -2.15. The van der Waals surface area contributed by atoms with Gasteiger partial charge < -0.3 is 33.2 Å². The second-order valence-electron chi connectivity index (χ2n) is 14.6. The predicted molar refractivity (Wildman–Crippen MR) is 229 cm³/mol. The molecule has 0 aliphatic carbocycles. The summed E-state index contributed by atoms with van der Waals surface area (Å²) in [6.07, 6.45) is 4.55. The van der Waals surface area contributed by atoms with Crippen molar-refractivity contribution in [1.82, 2.24) is 13.7 Å². The lowest BCUT2D eigenvalue weighted by atomic mass is 10.1. The maximum absolute atomic E-state index is 13.7. The molecule has 0 spiro atoms. The molecule has 0 amide bonds. The quantitative estimate of drug-likeness (QED) is 0.0460. The van der Waals surface area contributed by atoms with Crippen LogP contribution in [-0.2, 0) is 67.2 Å². The molecule has 3 rings (SSSR count). The molecular weight excluding hydrogens is 854 g/mol. The Hall–Kier alpha value is -7.12. The van der Waals surface area contributed by atoms with E-state index < -0.39 is 98.3 Å². The Kier molecular flexibility index (Phi) is 21.8. The van der Waals surface area contributed by atoms with Crippen LogP contribution in [0.1, 0.15) is 108 Å². The van der Waals surface area contributed by atoms with Gasteiger partial charge in [-0.05, 0) is 37.6 Å². The molecule has 0 radical (unpaired) electrons. The molecule has 0 fully saturated rings. The predicted octanol–water partition coefficient (Wildman–Crippen LogP) is 3.42. The van der Waals surface area contributed by atoms with Crippen LogP contribution in [0.5, 0.6) is 0 Å². The van der Waals surface area contributed by atoms with Crippen LogP contribution in [0.4, 0.5) is 0 Å². The molecule has 0 saturated carbocycles. The molecule has 20 heteroatoms. The van der Waals surface area contributed by atoms with Crippen LogP contribution < -0.4 is 17.1 Å². The zero-order chi connectivity index (χ0) is 47.9. The van der Waals surface area contributed by atoms with Crippen LogP contribution in [0.25, 0.3) is 0 Å². The molecule has 0 atom stereocenters. The van der Waals surface area contributed by atoms with Gasteiger partial charge in [0.15, 0.2) is 0 Å². The number of aromatic nitrogens is 3. The first-order valence-electron chi connectivity index (χ1n) is 21.0. The number of benzene rings is 2. The fourth-order valence-corrected chi connectivity index (χ4v) is 5.74. The third-order valence-corrected chi connectivity index (χ3v) is 9.21. The third-order valence-electron chi connectivity index (χ3n) is 9.21. The standard InChI is InChI=1S/C45H55N3O17/c1-6-7-8-9-10-19-36(49)59-23-20-46-43(56)47(21-24-60-39(52)32-15-11-13-17-34(32)41(54)64-28-26-62-37(50)30(2)3)45(58)48(44(46)57)22-25-61-40(53)33-16-12-14-18-35(33)42(55)65-29-27-63-38(51)31(4)5/h11-18,31H,2,6-10,19-29H2,1,3-5H3. The van der Waals surface area contributed by atoms with Gasteiger partial charge in [-0.2, -0.15) is 0 Å². The fraction of sp³-hybridized carbons (Fsp3) is 0.467. The van der Waals surface area contributed by atoms with Gasteiger partial charge in [0.05, 0.1) is 47.8 Å². The number of unbranched alkanes of at least 4 members (excludes halogenated alkanes) is 4. The van der Waals surface area contributed by atoms with Gasteiger partial charge in [-0.25, -0.2) is 52.1 Å². The van der Waals surface area contributed by atoms with Crippen molar-refractivity contribution in [3.05, 3.63) is 114 Å². The van der Waals surface area contributed by atoms with E-state index in [1.165, 1.54) is 55.5 Å². The van der Waals surface area contributed by atoms with E-state index in [0.29, 0.717) is 20.1 Å². The minimum Gasteiger partial charge on any atom is -0.464 e. The van der Waals surface area contributed by atoms with Crippen molar-refractivity contribution < 1.29 is 66.7 Å². The van der Waals surface area contributed by atoms with E-state index in [1.54, 1.807) is 13.8 Å². The molecule has 0 saturated heterocycles. The number of ether oxygens (including phenoxy) is 7. The van der Waals surface area contributed by atoms with Crippen molar-refractivity contribution in [3.63, 3.8) is 0 Å². The summed E-state index contributed by atoms with van der Waals surface area (Å²) in [5.74, 6) is -5.99. The summed E-state index contributed by atoms with van der Waals surface area (Å²) in [5.41, 5.74) is -4.05. The fourth-order valence-electron chi connectivity index (χ4n) is 5.74. The highest BCUT2D eigenvalue weighted by Crippen LogP contribution is 2.14. The van der Waals surface area contributed by atoms with Gasteiger partial charge in [0.1, 0.15) is 46.2 Å². The second-order valence-corrected chi connectivity index (χ2v) is 14.6. The first-order chi connectivity index (χ1) is 31.1. The van der Waals surface area contributed by atoms with Crippen molar-refractivity contribution in [1.29, 1.82) is 0 Å². The largest absolute Gasteiger partial charge is 0.464 e. The summed E-state index contributed by atoms with van der Waals surface area (Å²) in [7, 11) is 0. The van der Waals surface area contributed by atoms with E-state index in [9.17, 15) is 47.9 Å². The summed E-state index contributed by atoms with van der Waals surface area (Å²) in [5, 5.41) is 0. The Morgan fingerprint density at radius 3 is 1.25 bits per heavy atom. The zero-order valence-electron chi connectivity index (χ0n) is 37.0. The van der Waals surface area contributed by atoms with Crippen molar-refractivity contribution >= 4 is 41.8 Å². The molecule has 65 heavy (non-hydrogen) atoms. The van der Waals surface area contributed by atoms with Gasteiger partial charge >= 0.3 is 58.9 Å². The van der Waals surface area contributed by atoms with Gasteiger partial charge in [0.25, 0.3) is 0 Å². The molecule has 3 aromatic rings. The molecule has 1 aromatic heterocycles. The van der Waals surface area contributed by atoms with Gasteiger partial charge in [0.2, 0.25) is 0 Å². The highest BCUT2D eigenvalue weighted by atomic mass is 16.6. The van der Waals surface area contributed by atoms with E-state index in [1.807, 2.05) is 0 Å². The average molecular weight is 910 g/mol. The van der Waals surface area contributed by atoms with E-state index in [2.05, 4.69) is 13.5 Å². The van der Waals surface area contributed by atoms with E-state index >= 15 is 0 Å². The van der Waals surface area contributed by atoms with Crippen molar-refractivity contribution in [3.8, 4) is 0 Å². The van der Waals surface area contributed by atoms with Gasteiger partial charge in [-0.3, -0.25) is 9.59 Å². The SMILES string of the molecule is C=C(C)C(=O)OCCOC(=O)c1ccccc1C(=O)OCCn1c(=O)n(CCOC(=O)CCCCCCC)c(=O)n(CCOC(=O)c2ccccc2C(=O)OCCOC(=O)C(C)C)c1=O. The molecule has 352 valence electrons. The number of rotatable bonds is 27. The second kappa shape index (κ2) is 27.2. The van der Waals surface area contributed by atoms with Crippen LogP contribution >= 0.6 is 0 Å². The Morgan fingerprint density at radius 2 is 0.862 bits per heavy atom. The number of esters is 7. The smallest absolute Gasteiger partial charge is 0.339 e. The van der Waals surface area contributed by atoms with Gasteiger partial charge in [-0.1, -0.05) is 77.3 Å². The normalized spacial score (nSPS) is 10.7. The molecule has 0 unspecified atom stereocenters. The van der Waals surface area contributed by atoms with Crippen LogP contribution in [-0.4, -0.2) is 102 Å². The Labute approximate surface area is 374 Å². The van der Waals surface area contributed by atoms with E-state index in [-0.39, 0.29) is 66.6 Å². The Balaban J connectivity index is 1.77. The Morgan fingerprint density at radius 1 is 0.508 bits per heavy atom. The lowest BCUT2D eigenvalue weighted by Crippen LogP contribution is -2.55. The summed E-state index contributed by atoms with van der Waals surface area (Å²) in [6.45, 7) is 5.89. The highest BCUT2D eigenvalue weighted by Gasteiger charge is 2.23. The van der Waals surface area contributed by atoms with Gasteiger partial charge in [0, 0.05) is 12.0 Å². The van der Waals surface area contributed by atoms with Crippen molar-refractivity contribution in [2.75, 3.05) is 46.2 Å². The van der Waals surface area contributed by atoms with Gasteiger partial charge in [-0.15, -0.1) is 0 Å².